The number of carbonyl (C=O) groups is 2. The number of rotatable bonds is 5. The lowest BCUT2D eigenvalue weighted by Crippen LogP contribution is -2.46. The van der Waals surface area contributed by atoms with Crippen molar-refractivity contribution < 1.29 is 14.7 Å². The first-order chi connectivity index (χ1) is 10.4. The minimum absolute atomic E-state index is 0.256. The fourth-order valence-corrected chi connectivity index (χ4v) is 2.43. The molecule has 8 nitrogen and oxygen atoms in total. The number of aliphatic carboxylic acids is 1. The highest BCUT2D eigenvalue weighted by molar-refractivity contribution is 7.12. The van der Waals surface area contributed by atoms with Gasteiger partial charge < -0.3 is 10.4 Å². The van der Waals surface area contributed by atoms with Crippen LogP contribution in [0.15, 0.2) is 33.3 Å². The van der Waals surface area contributed by atoms with E-state index in [-0.39, 0.29) is 11.6 Å². The molecular formula is C12H10ClN3O5S. The number of aromatic amines is 1. The Morgan fingerprint density at radius 1 is 1.45 bits per heavy atom. The van der Waals surface area contributed by atoms with E-state index in [0.29, 0.717) is 4.88 Å². The minimum atomic E-state index is -1.35. The molecule has 2 aromatic rings. The number of aromatic nitrogens is 2. The van der Waals surface area contributed by atoms with E-state index in [4.69, 9.17) is 16.7 Å². The van der Waals surface area contributed by atoms with Crippen LogP contribution in [0, 0.1) is 0 Å². The van der Waals surface area contributed by atoms with Crippen LogP contribution in [0.5, 0.6) is 0 Å². The van der Waals surface area contributed by atoms with Gasteiger partial charge in [0.15, 0.2) is 0 Å². The Bertz CT molecular complexity index is 811. The van der Waals surface area contributed by atoms with E-state index in [9.17, 15) is 19.2 Å². The Balaban J connectivity index is 2.21. The van der Waals surface area contributed by atoms with Gasteiger partial charge in [0.1, 0.15) is 11.1 Å². The summed E-state index contributed by atoms with van der Waals surface area (Å²) in [6.07, 6.45) is 1.02. The quantitative estimate of drug-likeness (QED) is 0.712. The summed E-state index contributed by atoms with van der Waals surface area (Å²) in [4.78, 5) is 48.2. The molecule has 0 unspecified atom stereocenters. The normalized spacial score (nSPS) is 11.9. The SMILES string of the molecule is O=C(N[C@@H](Cn1cc(Cl)c(=O)[nH]c1=O)C(=O)O)c1cccs1. The summed E-state index contributed by atoms with van der Waals surface area (Å²) in [5.74, 6) is -1.88. The molecular weight excluding hydrogens is 334 g/mol. The fourth-order valence-electron chi connectivity index (χ4n) is 1.64. The van der Waals surface area contributed by atoms with Gasteiger partial charge >= 0.3 is 11.7 Å². The van der Waals surface area contributed by atoms with Gasteiger partial charge in [-0.2, -0.15) is 0 Å². The van der Waals surface area contributed by atoms with Crippen LogP contribution in [0.4, 0.5) is 0 Å². The van der Waals surface area contributed by atoms with Crippen LogP contribution in [0.2, 0.25) is 5.02 Å². The van der Waals surface area contributed by atoms with Crippen molar-refractivity contribution in [2.45, 2.75) is 12.6 Å². The molecule has 116 valence electrons. The van der Waals surface area contributed by atoms with Crippen LogP contribution in [-0.4, -0.2) is 32.6 Å². The van der Waals surface area contributed by atoms with E-state index in [1.165, 1.54) is 0 Å². The largest absolute Gasteiger partial charge is 0.480 e. The molecule has 0 aliphatic heterocycles. The summed E-state index contributed by atoms with van der Waals surface area (Å²) in [6, 6.07) is 1.85. The van der Waals surface area contributed by atoms with E-state index in [1.54, 1.807) is 17.5 Å². The summed E-state index contributed by atoms with van der Waals surface area (Å²) < 4.78 is 0.914. The lowest BCUT2D eigenvalue weighted by molar-refractivity contribution is -0.139. The van der Waals surface area contributed by atoms with Gasteiger partial charge in [0.2, 0.25) is 0 Å². The first-order valence-corrected chi connectivity index (χ1v) is 7.20. The molecule has 0 radical (unpaired) electrons. The molecule has 0 fully saturated rings. The highest BCUT2D eigenvalue weighted by Crippen LogP contribution is 2.08. The number of hydrogen-bond acceptors (Lipinski definition) is 5. The van der Waals surface area contributed by atoms with Crippen LogP contribution in [-0.2, 0) is 11.3 Å². The average molecular weight is 344 g/mol. The number of amides is 1. The smallest absolute Gasteiger partial charge is 0.328 e. The molecule has 22 heavy (non-hydrogen) atoms. The van der Waals surface area contributed by atoms with Crippen molar-refractivity contribution >= 4 is 34.8 Å². The van der Waals surface area contributed by atoms with Gasteiger partial charge in [-0.1, -0.05) is 17.7 Å². The second-order valence-corrected chi connectivity index (χ2v) is 5.59. The summed E-state index contributed by atoms with van der Waals surface area (Å²) in [7, 11) is 0. The third-order valence-electron chi connectivity index (χ3n) is 2.70. The van der Waals surface area contributed by atoms with Crippen molar-refractivity contribution in [3.63, 3.8) is 0 Å². The molecule has 1 amide bonds. The highest BCUT2D eigenvalue weighted by Gasteiger charge is 2.22. The van der Waals surface area contributed by atoms with E-state index < -0.39 is 29.2 Å². The first kappa shape index (κ1) is 16.0. The zero-order valence-corrected chi connectivity index (χ0v) is 12.5. The van der Waals surface area contributed by atoms with E-state index in [0.717, 1.165) is 22.1 Å². The number of carbonyl (C=O) groups excluding carboxylic acids is 1. The number of thiophene rings is 1. The maximum absolute atomic E-state index is 11.9. The molecule has 0 saturated heterocycles. The molecule has 0 aliphatic carbocycles. The lowest BCUT2D eigenvalue weighted by Gasteiger charge is -2.15. The second kappa shape index (κ2) is 6.58. The van der Waals surface area contributed by atoms with Crippen molar-refractivity contribution in [2.75, 3.05) is 0 Å². The van der Waals surface area contributed by atoms with Crippen molar-refractivity contribution in [1.29, 1.82) is 0 Å². The predicted molar refractivity (Wildman–Crippen MR) is 79.5 cm³/mol. The molecule has 3 N–H and O–H groups in total. The Kier molecular flexibility index (Phi) is 4.78. The Morgan fingerprint density at radius 2 is 2.18 bits per heavy atom. The van der Waals surface area contributed by atoms with Gasteiger partial charge in [-0.05, 0) is 11.4 Å². The van der Waals surface area contributed by atoms with Crippen molar-refractivity contribution in [2.24, 2.45) is 0 Å². The Hall–Kier alpha value is -2.39. The maximum atomic E-state index is 11.9. The molecule has 2 heterocycles. The van der Waals surface area contributed by atoms with Gasteiger partial charge in [0.05, 0.1) is 11.4 Å². The van der Waals surface area contributed by atoms with Crippen molar-refractivity contribution in [3.8, 4) is 0 Å². The monoisotopic (exact) mass is 343 g/mol. The van der Waals surface area contributed by atoms with Crippen LogP contribution in [0.3, 0.4) is 0 Å². The maximum Gasteiger partial charge on any atom is 0.328 e. The third-order valence-corrected chi connectivity index (χ3v) is 3.83. The molecule has 0 bridgehead atoms. The molecule has 1 atom stereocenters. The number of nitrogens with one attached hydrogen (secondary N) is 2. The average Bonchev–Trinajstić information content (AvgIpc) is 2.97. The molecule has 10 heteroatoms. The van der Waals surface area contributed by atoms with Gasteiger partial charge in [-0.15, -0.1) is 11.3 Å². The molecule has 0 spiro atoms. The summed E-state index contributed by atoms with van der Waals surface area (Å²) >= 11 is 6.76. The number of carboxylic acid groups (broad SMARTS) is 1. The zero-order chi connectivity index (χ0) is 16.3. The van der Waals surface area contributed by atoms with E-state index in [1.807, 2.05) is 4.98 Å². The second-order valence-electron chi connectivity index (χ2n) is 4.23. The zero-order valence-electron chi connectivity index (χ0n) is 10.9. The number of halogens is 1. The fraction of sp³-hybridized carbons (Fsp3) is 0.167. The Morgan fingerprint density at radius 3 is 2.77 bits per heavy atom. The van der Waals surface area contributed by atoms with Gasteiger partial charge in [-0.3, -0.25) is 19.1 Å². The topological polar surface area (TPSA) is 121 Å². The van der Waals surface area contributed by atoms with Crippen LogP contribution >= 0.6 is 22.9 Å². The van der Waals surface area contributed by atoms with E-state index >= 15 is 0 Å². The molecule has 0 saturated carbocycles. The van der Waals surface area contributed by atoms with Crippen molar-refractivity contribution in [1.82, 2.24) is 14.9 Å². The molecule has 0 aliphatic rings. The minimum Gasteiger partial charge on any atom is -0.480 e. The van der Waals surface area contributed by atoms with Gasteiger partial charge in [-0.25, -0.2) is 9.59 Å². The number of nitrogens with zero attached hydrogens (tertiary/aromatic N) is 1. The van der Waals surface area contributed by atoms with Crippen LogP contribution in [0.1, 0.15) is 9.67 Å². The standard InChI is InChI=1S/C12H10ClN3O5S/c13-6-4-16(12(21)15-9(6)17)5-7(11(19)20)14-10(18)8-2-1-3-22-8/h1-4,7H,5H2,(H,14,18)(H,19,20)(H,15,17,21)/t7-/m0/s1. The van der Waals surface area contributed by atoms with Gasteiger partial charge in [0.25, 0.3) is 11.5 Å². The third kappa shape index (κ3) is 3.62. The van der Waals surface area contributed by atoms with E-state index in [2.05, 4.69) is 5.32 Å². The summed E-state index contributed by atoms with van der Waals surface area (Å²) in [6.45, 7) is -0.373. The predicted octanol–water partition coefficient (Wildman–Crippen LogP) is 0.135. The molecule has 2 aromatic heterocycles. The first-order valence-electron chi connectivity index (χ1n) is 5.95. The number of carboxylic acids is 1. The summed E-state index contributed by atoms with van der Waals surface area (Å²) in [5.41, 5.74) is -1.58. The van der Waals surface area contributed by atoms with Crippen molar-refractivity contribution in [3.05, 3.63) is 54.4 Å². The number of H-pyrrole nitrogens is 1. The summed E-state index contributed by atoms with van der Waals surface area (Å²) in [5, 5.41) is 12.9. The van der Waals surface area contributed by atoms with Crippen LogP contribution in [0.25, 0.3) is 0 Å². The lowest BCUT2D eigenvalue weighted by atomic mass is 10.2. The van der Waals surface area contributed by atoms with Crippen LogP contribution < -0.4 is 16.6 Å². The highest BCUT2D eigenvalue weighted by atomic mass is 35.5. The Labute approximate surface area is 132 Å². The molecule has 0 aromatic carbocycles. The molecule has 2 rings (SSSR count). The number of hydrogen-bond donors (Lipinski definition) is 3. The van der Waals surface area contributed by atoms with Gasteiger partial charge in [0, 0.05) is 6.20 Å².